The largest absolute Gasteiger partial charge is 0.309 e. The SMILES string of the molecule is c1ccc(-c2ccc(N(c3ccccc3-c3ccccc3)c3cc4nc(-c5ccccc5)sc4c4ccc5ccccc5c34)cc2)cc1. The molecule has 9 rings (SSSR count). The number of fused-ring (bicyclic) bond motifs is 5. The van der Waals surface area contributed by atoms with Gasteiger partial charge in [-0.1, -0.05) is 158 Å². The normalized spacial score (nSPS) is 11.3. The fourth-order valence-electron chi connectivity index (χ4n) is 6.81. The van der Waals surface area contributed by atoms with Crippen LogP contribution in [-0.4, -0.2) is 4.98 Å². The second-order valence-electron chi connectivity index (χ2n) is 12.0. The summed E-state index contributed by atoms with van der Waals surface area (Å²) in [6.07, 6.45) is 0. The maximum atomic E-state index is 5.27. The van der Waals surface area contributed by atoms with Gasteiger partial charge in [-0.3, -0.25) is 0 Å². The van der Waals surface area contributed by atoms with E-state index in [1.165, 1.54) is 48.5 Å². The van der Waals surface area contributed by atoms with E-state index in [1.54, 1.807) is 11.3 Å². The van der Waals surface area contributed by atoms with Crippen LogP contribution in [0.1, 0.15) is 0 Å². The molecule has 0 aliphatic heterocycles. The maximum absolute atomic E-state index is 5.27. The summed E-state index contributed by atoms with van der Waals surface area (Å²) in [5.74, 6) is 0. The van der Waals surface area contributed by atoms with Crippen molar-refractivity contribution in [2.24, 2.45) is 0 Å². The zero-order chi connectivity index (χ0) is 31.9. The Morgan fingerprint density at radius 2 is 1.04 bits per heavy atom. The van der Waals surface area contributed by atoms with E-state index in [0.717, 1.165) is 33.1 Å². The Bertz CT molecular complexity index is 2540. The number of para-hydroxylation sites is 1. The molecule has 1 aromatic heterocycles. The minimum absolute atomic E-state index is 1.000. The Labute approximate surface area is 283 Å². The fourth-order valence-corrected chi connectivity index (χ4v) is 7.89. The second-order valence-corrected chi connectivity index (χ2v) is 13.0. The molecule has 0 radical (unpaired) electrons. The Balaban J connectivity index is 1.36. The molecular formula is C45H30N2S. The van der Waals surface area contributed by atoms with E-state index in [1.807, 2.05) is 0 Å². The highest BCUT2D eigenvalue weighted by atomic mass is 32.1. The van der Waals surface area contributed by atoms with Crippen molar-refractivity contribution in [1.82, 2.24) is 4.98 Å². The molecule has 2 nitrogen and oxygen atoms in total. The van der Waals surface area contributed by atoms with Crippen molar-refractivity contribution in [3.63, 3.8) is 0 Å². The number of anilines is 3. The number of benzene rings is 8. The summed E-state index contributed by atoms with van der Waals surface area (Å²) in [7, 11) is 0. The molecule has 0 aliphatic rings. The Hall–Kier alpha value is -6.03. The lowest BCUT2D eigenvalue weighted by Crippen LogP contribution is -2.12. The molecule has 1 heterocycles. The molecule has 8 aromatic carbocycles. The summed E-state index contributed by atoms with van der Waals surface area (Å²) >= 11 is 1.77. The van der Waals surface area contributed by atoms with Gasteiger partial charge in [0.2, 0.25) is 0 Å². The summed E-state index contributed by atoms with van der Waals surface area (Å²) in [5.41, 5.74) is 10.2. The topological polar surface area (TPSA) is 16.1 Å². The highest BCUT2D eigenvalue weighted by molar-refractivity contribution is 7.22. The molecule has 0 N–H and O–H groups in total. The number of aromatic nitrogens is 1. The summed E-state index contributed by atoms with van der Waals surface area (Å²) < 4.78 is 1.20. The van der Waals surface area contributed by atoms with Gasteiger partial charge >= 0.3 is 0 Å². The van der Waals surface area contributed by atoms with Crippen LogP contribution in [0.15, 0.2) is 182 Å². The van der Waals surface area contributed by atoms with Gasteiger partial charge in [0.15, 0.2) is 0 Å². The Morgan fingerprint density at radius 3 is 1.79 bits per heavy atom. The van der Waals surface area contributed by atoms with Gasteiger partial charge in [0.25, 0.3) is 0 Å². The molecule has 0 saturated carbocycles. The number of thiazole rings is 1. The monoisotopic (exact) mass is 630 g/mol. The van der Waals surface area contributed by atoms with Crippen molar-refractivity contribution >= 4 is 60.2 Å². The van der Waals surface area contributed by atoms with Crippen LogP contribution in [0.2, 0.25) is 0 Å². The first-order valence-corrected chi connectivity index (χ1v) is 17.0. The summed E-state index contributed by atoms with van der Waals surface area (Å²) in [6.45, 7) is 0. The highest BCUT2D eigenvalue weighted by Crippen LogP contribution is 2.48. The first-order valence-electron chi connectivity index (χ1n) is 16.2. The van der Waals surface area contributed by atoms with Gasteiger partial charge in [-0.15, -0.1) is 11.3 Å². The average Bonchev–Trinajstić information content (AvgIpc) is 3.61. The van der Waals surface area contributed by atoms with Crippen molar-refractivity contribution in [3.8, 4) is 32.8 Å². The minimum Gasteiger partial charge on any atom is -0.309 e. The number of nitrogens with zero attached hydrogens (tertiary/aromatic N) is 2. The summed E-state index contributed by atoms with van der Waals surface area (Å²) in [6, 6.07) is 65.1. The van der Waals surface area contributed by atoms with Crippen molar-refractivity contribution < 1.29 is 0 Å². The summed E-state index contributed by atoms with van der Waals surface area (Å²) in [5, 5.41) is 5.90. The van der Waals surface area contributed by atoms with Crippen molar-refractivity contribution in [3.05, 3.63) is 182 Å². The number of hydrogen-bond donors (Lipinski definition) is 0. The van der Waals surface area contributed by atoms with E-state index < -0.39 is 0 Å². The third-order valence-electron chi connectivity index (χ3n) is 9.08. The fraction of sp³-hybridized carbons (Fsp3) is 0. The van der Waals surface area contributed by atoms with E-state index in [-0.39, 0.29) is 0 Å². The highest BCUT2D eigenvalue weighted by Gasteiger charge is 2.23. The van der Waals surface area contributed by atoms with Gasteiger partial charge in [-0.25, -0.2) is 4.98 Å². The van der Waals surface area contributed by atoms with Crippen LogP contribution in [0.5, 0.6) is 0 Å². The van der Waals surface area contributed by atoms with Gasteiger partial charge < -0.3 is 4.90 Å². The van der Waals surface area contributed by atoms with E-state index in [4.69, 9.17) is 4.98 Å². The maximum Gasteiger partial charge on any atom is 0.124 e. The molecule has 226 valence electrons. The lowest BCUT2D eigenvalue weighted by molar-refractivity contribution is 1.30. The van der Waals surface area contributed by atoms with Crippen LogP contribution < -0.4 is 4.90 Å². The second kappa shape index (κ2) is 12.0. The van der Waals surface area contributed by atoms with Crippen LogP contribution in [0.3, 0.4) is 0 Å². The minimum atomic E-state index is 1.000. The van der Waals surface area contributed by atoms with Gasteiger partial charge in [0.1, 0.15) is 5.01 Å². The predicted octanol–water partition coefficient (Wildman–Crippen LogP) is 13.1. The van der Waals surface area contributed by atoms with Crippen LogP contribution in [0, 0.1) is 0 Å². The standard InChI is InChI=1S/C45H30N2S/c1-4-14-31(15-5-1)32-24-27-36(28-25-32)47(41-23-13-12-21-37(41)33-16-6-2-7-17-33)42-30-40-44(48-45(46-40)35-19-8-3-9-20-35)39-29-26-34-18-10-11-22-38(34)43(39)42/h1-30H. The van der Waals surface area contributed by atoms with Crippen molar-refractivity contribution in [2.75, 3.05) is 4.90 Å². The van der Waals surface area contributed by atoms with Gasteiger partial charge in [-0.2, -0.15) is 0 Å². The Morgan fingerprint density at radius 1 is 0.438 bits per heavy atom. The van der Waals surface area contributed by atoms with Crippen LogP contribution >= 0.6 is 11.3 Å². The van der Waals surface area contributed by atoms with Crippen molar-refractivity contribution in [1.29, 1.82) is 0 Å². The lowest BCUT2D eigenvalue weighted by Gasteiger charge is -2.29. The zero-order valence-corrected chi connectivity index (χ0v) is 26.9. The molecule has 0 amide bonds. The molecule has 0 saturated heterocycles. The first kappa shape index (κ1) is 28.2. The molecule has 0 spiro atoms. The third-order valence-corrected chi connectivity index (χ3v) is 10.2. The molecule has 9 aromatic rings. The predicted molar refractivity (Wildman–Crippen MR) is 206 cm³/mol. The van der Waals surface area contributed by atoms with E-state index in [0.29, 0.717) is 0 Å². The molecule has 0 bridgehead atoms. The van der Waals surface area contributed by atoms with Gasteiger partial charge in [-0.05, 0) is 51.7 Å². The molecule has 3 heteroatoms. The smallest absolute Gasteiger partial charge is 0.124 e. The molecule has 0 aliphatic carbocycles. The van der Waals surface area contributed by atoms with Gasteiger partial charge in [0, 0.05) is 27.6 Å². The molecular weight excluding hydrogens is 601 g/mol. The average molecular weight is 631 g/mol. The Kier molecular flexibility index (Phi) is 7.03. The van der Waals surface area contributed by atoms with Crippen molar-refractivity contribution in [2.45, 2.75) is 0 Å². The number of rotatable bonds is 6. The molecule has 0 atom stereocenters. The quantitative estimate of drug-likeness (QED) is 0.170. The molecule has 48 heavy (non-hydrogen) atoms. The third kappa shape index (κ3) is 4.93. The lowest BCUT2D eigenvalue weighted by atomic mass is 9.97. The summed E-state index contributed by atoms with van der Waals surface area (Å²) in [4.78, 5) is 7.71. The van der Waals surface area contributed by atoms with Crippen LogP contribution in [0.25, 0.3) is 64.6 Å². The zero-order valence-electron chi connectivity index (χ0n) is 26.1. The van der Waals surface area contributed by atoms with E-state index in [2.05, 4.69) is 187 Å². The molecule has 0 fully saturated rings. The van der Waals surface area contributed by atoms with E-state index in [9.17, 15) is 0 Å². The number of hydrogen-bond acceptors (Lipinski definition) is 3. The van der Waals surface area contributed by atoms with Crippen LogP contribution in [0.4, 0.5) is 17.1 Å². The molecule has 0 unspecified atom stereocenters. The van der Waals surface area contributed by atoms with E-state index >= 15 is 0 Å². The first-order chi connectivity index (χ1) is 23.8. The van der Waals surface area contributed by atoms with Gasteiger partial charge in [0.05, 0.1) is 21.6 Å². The van der Waals surface area contributed by atoms with Crippen LogP contribution in [-0.2, 0) is 0 Å².